The van der Waals surface area contributed by atoms with Gasteiger partial charge in [-0.15, -0.1) is 0 Å². The minimum Gasteiger partial charge on any atom is -0.465 e. The molecule has 1 saturated heterocycles. The predicted molar refractivity (Wildman–Crippen MR) is 121 cm³/mol. The third kappa shape index (κ3) is 5.31. The van der Waals surface area contributed by atoms with E-state index in [0.29, 0.717) is 18.7 Å². The molecule has 0 spiro atoms. The van der Waals surface area contributed by atoms with Crippen LogP contribution in [0.25, 0.3) is 0 Å². The van der Waals surface area contributed by atoms with Gasteiger partial charge in [0.1, 0.15) is 6.54 Å². The molecule has 1 aromatic carbocycles. The number of amides is 1. The zero-order valence-electron chi connectivity index (χ0n) is 18.6. The van der Waals surface area contributed by atoms with E-state index in [2.05, 4.69) is 10.1 Å². The number of anilines is 1. The van der Waals surface area contributed by atoms with E-state index in [-0.39, 0.29) is 16.1 Å². The maximum absolute atomic E-state index is 13.0. The number of pyridine rings is 1. The average molecular weight is 493 g/mol. The number of sulfonamides is 1. The molecule has 0 saturated carbocycles. The highest BCUT2D eigenvalue weighted by Gasteiger charge is 2.27. The van der Waals surface area contributed by atoms with Crippen molar-refractivity contribution in [3.8, 4) is 0 Å². The van der Waals surface area contributed by atoms with E-state index in [1.165, 1.54) is 16.4 Å². The van der Waals surface area contributed by atoms with Crippen LogP contribution >= 0.6 is 0 Å². The minimum atomic E-state index is -3.74. The number of aromatic nitrogens is 1. The van der Waals surface area contributed by atoms with Gasteiger partial charge in [-0.3, -0.25) is 24.3 Å². The van der Waals surface area contributed by atoms with E-state index in [0.717, 1.165) is 43.2 Å². The highest BCUT2D eigenvalue weighted by molar-refractivity contribution is 7.89. The molecule has 0 aliphatic carbocycles. The number of rotatable bonds is 7. The molecule has 0 unspecified atom stereocenters. The number of hydrogen-bond donors (Lipinski definition) is 1. The molecule has 2 heterocycles. The first-order valence-electron chi connectivity index (χ1n) is 10.4. The maximum atomic E-state index is 13.0. The van der Waals surface area contributed by atoms with Crippen molar-refractivity contribution >= 4 is 33.3 Å². The Balaban J connectivity index is 1.87. The molecular formula is C21H24N4O8S. The van der Waals surface area contributed by atoms with Crippen LogP contribution in [0.4, 0.5) is 11.4 Å². The molecule has 0 bridgehead atoms. The summed E-state index contributed by atoms with van der Waals surface area (Å²) in [4.78, 5) is 47.1. The summed E-state index contributed by atoms with van der Waals surface area (Å²) in [6.07, 6.45) is 3.52. The first kappa shape index (κ1) is 25.1. The molecule has 0 radical (unpaired) electrons. The normalized spacial score (nSPS) is 14.4. The average Bonchev–Trinajstić information content (AvgIpc) is 2.81. The Hall–Kier alpha value is -3.58. The number of nitrogens with one attached hydrogen (secondary N) is 1. The number of esters is 1. The summed E-state index contributed by atoms with van der Waals surface area (Å²) >= 11 is 0. The second-order valence-electron chi connectivity index (χ2n) is 7.79. The molecule has 1 N–H and O–H groups in total. The lowest BCUT2D eigenvalue weighted by atomic mass is 10.2. The minimum absolute atomic E-state index is 0.0239. The molecule has 34 heavy (non-hydrogen) atoms. The van der Waals surface area contributed by atoms with Crippen LogP contribution in [0.3, 0.4) is 0 Å². The van der Waals surface area contributed by atoms with Crippen LogP contribution in [-0.2, 0) is 26.1 Å². The fraction of sp³-hybridized carbons (Fsp3) is 0.381. The summed E-state index contributed by atoms with van der Waals surface area (Å²) in [5, 5.41) is 13.7. The SMILES string of the molecule is COC(=O)c1cc([N+](=O)[O-])c(=O)n(CC(=O)Nc2cc(S(=O)(=O)N3CCCCC3)ccc2C)c1. The second kappa shape index (κ2) is 10.1. The molecule has 2 aromatic rings. The highest BCUT2D eigenvalue weighted by Crippen LogP contribution is 2.25. The molecule has 1 aliphatic heterocycles. The molecule has 1 fully saturated rings. The molecule has 3 rings (SSSR count). The lowest BCUT2D eigenvalue weighted by Crippen LogP contribution is -2.35. The number of nitrogens with zero attached hydrogens (tertiary/aromatic N) is 3. The van der Waals surface area contributed by atoms with Gasteiger partial charge in [0, 0.05) is 31.0 Å². The summed E-state index contributed by atoms with van der Waals surface area (Å²) in [6, 6.07) is 5.14. The van der Waals surface area contributed by atoms with Crippen molar-refractivity contribution in [1.29, 1.82) is 0 Å². The first-order chi connectivity index (χ1) is 16.0. The third-order valence-corrected chi connectivity index (χ3v) is 7.33. The van der Waals surface area contributed by atoms with E-state index in [1.54, 1.807) is 13.0 Å². The van der Waals surface area contributed by atoms with Crippen LogP contribution < -0.4 is 10.9 Å². The number of benzene rings is 1. The number of nitro groups is 1. The highest BCUT2D eigenvalue weighted by atomic mass is 32.2. The lowest BCUT2D eigenvalue weighted by molar-refractivity contribution is -0.386. The molecular weight excluding hydrogens is 468 g/mol. The Morgan fingerprint density at radius 2 is 1.85 bits per heavy atom. The molecule has 1 aromatic heterocycles. The number of aryl methyl sites for hydroxylation is 1. The van der Waals surface area contributed by atoms with Crippen LogP contribution in [-0.4, -0.2) is 54.3 Å². The van der Waals surface area contributed by atoms with Gasteiger partial charge >= 0.3 is 17.2 Å². The third-order valence-electron chi connectivity index (χ3n) is 5.43. The quantitative estimate of drug-likeness (QED) is 0.347. The van der Waals surface area contributed by atoms with E-state index in [1.807, 2.05) is 0 Å². The van der Waals surface area contributed by atoms with Crippen LogP contribution in [0.15, 0.2) is 40.2 Å². The maximum Gasteiger partial charge on any atom is 0.339 e. The van der Waals surface area contributed by atoms with E-state index >= 15 is 0 Å². The van der Waals surface area contributed by atoms with Gasteiger partial charge in [-0.1, -0.05) is 12.5 Å². The Labute approximate surface area is 195 Å². The van der Waals surface area contributed by atoms with Crippen molar-refractivity contribution in [3.63, 3.8) is 0 Å². The molecule has 1 amide bonds. The smallest absolute Gasteiger partial charge is 0.339 e. The van der Waals surface area contributed by atoms with Crippen LogP contribution in [0.5, 0.6) is 0 Å². The summed E-state index contributed by atoms with van der Waals surface area (Å²) in [5.74, 6) is -1.65. The van der Waals surface area contributed by atoms with Crippen LogP contribution in [0, 0.1) is 17.0 Å². The van der Waals surface area contributed by atoms with Crippen LogP contribution in [0.2, 0.25) is 0 Å². The standard InChI is InChI=1S/C21H24N4O8S/c1-14-6-7-16(34(31,32)24-8-4-3-5-9-24)11-17(14)22-19(26)13-23-12-15(21(28)33-2)10-18(20(23)27)25(29)30/h6-7,10-12H,3-5,8-9,13H2,1-2H3,(H,22,26). The zero-order chi connectivity index (χ0) is 25.0. The zero-order valence-corrected chi connectivity index (χ0v) is 19.5. The van der Waals surface area contributed by atoms with Gasteiger partial charge in [0.25, 0.3) is 0 Å². The number of piperidine rings is 1. The summed E-state index contributed by atoms with van der Waals surface area (Å²) in [7, 11) is -2.66. The molecule has 13 heteroatoms. The number of methoxy groups -OCH3 is 1. The second-order valence-corrected chi connectivity index (χ2v) is 9.72. The van der Waals surface area contributed by atoms with Gasteiger partial charge in [-0.2, -0.15) is 4.31 Å². The van der Waals surface area contributed by atoms with Crippen molar-refractivity contribution in [1.82, 2.24) is 8.87 Å². The fourth-order valence-electron chi connectivity index (χ4n) is 3.59. The Morgan fingerprint density at radius 3 is 2.47 bits per heavy atom. The lowest BCUT2D eigenvalue weighted by Gasteiger charge is -2.26. The summed E-state index contributed by atoms with van der Waals surface area (Å²) in [5.41, 5.74) is -1.44. The number of hydrogen-bond acceptors (Lipinski definition) is 8. The Bertz CT molecular complexity index is 1300. The van der Waals surface area contributed by atoms with Gasteiger partial charge < -0.3 is 10.1 Å². The number of carbonyl (C=O) groups is 2. The van der Waals surface area contributed by atoms with Crippen molar-refractivity contribution in [2.75, 3.05) is 25.5 Å². The van der Waals surface area contributed by atoms with Gasteiger partial charge in [-0.05, 0) is 37.5 Å². The van der Waals surface area contributed by atoms with Crippen LogP contribution in [0.1, 0.15) is 35.2 Å². The monoisotopic (exact) mass is 492 g/mol. The number of carbonyl (C=O) groups excluding carboxylic acids is 2. The summed E-state index contributed by atoms with van der Waals surface area (Å²) < 4.78 is 32.6. The molecule has 12 nitrogen and oxygen atoms in total. The van der Waals surface area contributed by atoms with Crippen molar-refractivity contribution in [2.24, 2.45) is 0 Å². The van der Waals surface area contributed by atoms with Gasteiger partial charge in [-0.25, -0.2) is 13.2 Å². The van der Waals surface area contributed by atoms with Crippen molar-refractivity contribution in [2.45, 2.75) is 37.6 Å². The molecule has 0 atom stereocenters. The van der Waals surface area contributed by atoms with Gasteiger partial charge in [0.2, 0.25) is 15.9 Å². The fourth-order valence-corrected chi connectivity index (χ4v) is 5.14. The molecule has 182 valence electrons. The van der Waals surface area contributed by atoms with E-state index in [4.69, 9.17) is 0 Å². The Morgan fingerprint density at radius 1 is 1.18 bits per heavy atom. The number of ether oxygens (including phenoxy) is 1. The van der Waals surface area contributed by atoms with Crippen molar-refractivity contribution in [3.05, 3.63) is 62.1 Å². The van der Waals surface area contributed by atoms with E-state index < -0.39 is 44.6 Å². The summed E-state index contributed by atoms with van der Waals surface area (Å²) in [6.45, 7) is 1.88. The molecule has 1 aliphatic rings. The Kier molecular flexibility index (Phi) is 7.47. The predicted octanol–water partition coefficient (Wildman–Crippen LogP) is 1.66. The largest absolute Gasteiger partial charge is 0.465 e. The van der Waals surface area contributed by atoms with E-state index in [9.17, 15) is 32.9 Å². The van der Waals surface area contributed by atoms with Crippen molar-refractivity contribution < 1.29 is 27.7 Å². The van der Waals surface area contributed by atoms with Gasteiger partial charge in [0.05, 0.1) is 22.5 Å². The topological polar surface area (TPSA) is 158 Å². The first-order valence-corrected chi connectivity index (χ1v) is 11.9. The van der Waals surface area contributed by atoms with Gasteiger partial charge in [0.15, 0.2) is 0 Å².